The van der Waals surface area contributed by atoms with Crippen molar-refractivity contribution < 1.29 is 14.3 Å². The molecule has 0 bridgehead atoms. The maximum absolute atomic E-state index is 12.5. The van der Waals surface area contributed by atoms with Crippen LogP contribution in [0.2, 0.25) is 10.0 Å². The number of hydrogen-bond acceptors (Lipinski definition) is 4. The van der Waals surface area contributed by atoms with Gasteiger partial charge in [0, 0.05) is 39.0 Å². The van der Waals surface area contributed by atoms with Crippen LogP contribution in [-0.4, -0.2) is 51.7 Å². The van der Waals surface area contributed by atoms with Crippen LogP contribution in [0.5, 0.6) is 0 Å². The highest BCUT2D eigenvalue weighted by molar-refractivity contribution is 6.42. The predicted molar refractivity (Wildman–Crippen MR) is 102 cm³/mol. The van der Waals surface area contributed by atoms with E-state index in [9.17, 15) is 9.59 Å². The first-order chi connectivity index (χ1) is 11.5. The van der Waals surface area contributed by atoms with E-state index in [0.29, 0.717) is 48.4 Å². The zero-order valence-electron chi connectivity index (χ0n) is 13.9. The summed E-state index contributed by atoms with van der Waals surface area (Å²) in [5.41, 5.74) is 0.658. The van der Waals surface area contributed by atoms with Crippen LogP contribution in [0.1, 0.15) is 6.42 Å². The van der Waals surface area contributed by atoms with Crippen molar-refractivity contribution in [2.45, 2.75) is 6.42 Å². The Kier molecular flexibility index (Phi) is 9.53. The molecule has 0 aliphatic carbocycles. The molecule has 0 aromatic heterocycles. The Morgan fingerprint density at radius 1 is 1.28 bits per heavy atom. The minimum Gasteiger partial charge on any atom is -0.383 e. The summed E-state index contributed by atoms with van der Waals surface area (Å²) in [6.07, 6.45) is 0.488. The molecule has 1 fully saturated rings. The first-order valence-electron chi connectivity index (χ1n) is 7.78. The molecule has 25 heavy (non-hydrogen) atoms. The van der Waals surface area contributed by atoms with Gasteiger partial charge in [-0.15, -0.1) is 12.4 Å². The fraction of sp³-hybridized carbons (Fsp3) is 0.500. The van der Waals surface area contributed by atoms with E-state index >= 15 is 0 Å². The summed E-state index contributed by atoms with van der Waals surface area (Å²) < 4.78 is 4.92. The molecule has 0 spiro atoms. The maximum atomic E-state index is 12.5. The van der Waals surface area contributed by atoms with Crippen molar-refractivity contribution in [2.75, 3.05) is 44.8 Å². The second-order valence-electron chi connectivity index (χ2n) is 5.46. The van der Waals surface area contributed by atoms with Crippen LogP contribution in [0, 0.1) is 5.92 Å². The number of halogens is 3. The van der Waals surface area contributed by atoms with Gasteiger partial charge in [-0.05, 0) is 24.6 Å². The molecule has 1 saturated heterocycles. The number of amides is 2. The number of methoxy groups -OCH3 is 1. The lowest BCUT2D eigenvalue weighted by molar-refractivity contribution is -0.132. The number of rotatable bonds is 8. The molecular weight excluding hydrogens is 389 g/mol. The number of ether oxygens (including phenoxy) is 1. The van der Waals surface area contributed by atoms with E-state index in [2.05, 4.69) is 10.6 Å². The standard InChI is InChI=1S/C16H21Cl2N3O3.ClH/c1-24-9-7-19-5-6-20-15(22)12-4-8-21(16(12)23)11-2-3-13(17)14(18)10-11;/h2-3,10,12,19H,4-9H2,1H3,(H,20,22);1H. The van der Waals surface area contributed by atoms with Crippen molar-refractivity contribution in [1.29, 1.82) is 0 Å². The Labute approximate surface area is 163 Å². The van der Waals surface area contributed by atoms with Gasteiger partial charge in [-0.1, -0.05) is 23.2 Å². The van der Waals surface area contributed by atoms with Crippen LogP contribution in [0.25, 0.3) is 0 Å². The minimum atomic E-state index is -0.654. The number of nitrogens with one attached hydrogen (secondary N) is 2. The summed E-state index contributed by atoms with van der Waals surface area (Å²) >= 11 is 11.9. The molecule has 140 valence electrons. The fourth-order valence-electron chi connectivity index (χ4n) is 2.53. The van der Waals surface area contributed by atoms with E-state index in [1.807, 2.05) is 0 Å². The topological polar surface area (TPSA) is 70.7 Å². The maximum Gasteiger partial charge on any atom is 0.239 e. The Balaban J connectivity index is 0.00000312. The van der Waals surface area contributed by atoms with Gasteiger partial charge in [0.25, 0.3) is 0 Å². The van der Waals surface area contributed by atoms with E-state index in [0.717, 1.165) is 6.54 Å². The van der Waals surface area contributed by atoms with Crippen molar-refractivity contribution in [3.05, 3.63) is 28.2 Å². The zero-order valence-corrected chi connectivity index (χ0v) is 16.2. The zero-order chi connectivity index (χ0) is 17.5. The second kappa shape index (κ2) is 10.8. The van der Waals surface area contributed by atoms with Crippen LogP contribution in [0.3, 0.4) is 0 Å². The molecule has 1 unspecified atom stereocenters. The van der Waals surface area contributed by atoms with Crippen LogP contribution in [0.4, 0.5) is 5.69 Å². The molecule has 1 heterocycles. The lowest BCUT2D eigenvalue weighted by Crippen LogP contribution is -2.39. The van der Waals surface area contributed by atoms with Gasteiger partial charge < -0.3 is 20.3 Å². The summed E-state index contributed by atoms with van der Waals surface area (Å²) in [6.45, 7) is 2.93. The SMILES string of the molecule is COCCNCCNC(=O)C1CCN(c2ccc(Cl)c(Cl)c2)C1=O.Cl. The highest BCUT2D eigenvalue weighted by Gasteiger charge is 2.37. The third-order valence-electron chi connectivity index (χ3n) is 3.82. The number of benzene rings is 1. The second-order valence-corrected chi connectivity index (χ2v) is 6.28. The first kappa shape index (κ1) is 22.0. The summed E-state index contributed by atoms with van der Waals surface area (Å²) in [5.74, 6) is -1.10. The van der Waals surface area contributed by atoms with Crippen LogP contribution < -0.4 is 15.5 Å². The van der Waals surface area contributed by atoms with Crippen molar-refractivity contribution in [1.82, 2.24) is 10.6 Å². The molecule has 2 N–H and O–H groups in total. The molecular formula is C16H22Cl3N3O3. The lowest BCUT2D eigenvalue weighted by atomic mass is 10.1. The molecule has 1 aliphatic rings. The molecule has 9 heteroatoms. The van der Waals surface area contributed by atoms with Gasteiger partial charge in [-0.25, -0.2) is 0 Å². The molecule has 1 aliphatic heterocycles. The van der Waals surface area contributed by atoms with Crippen molar-refractivity contribution in [3.63, 3.8) is 0 Å². The van der Waals surface area contributed by atoms with Gasteiger partial charge >= 0.3 is 0 Å². The lowest BCUT2D eigenvalue weighted by Gasteiger charge is -2.17. The van der Waals surface area contributed by atoms with Crippen molar-refractivity contribution in [3.8, 4) is 0 Å². The minimum absolute atomic E-state index is 0. The van der Waals surface area contributed by atoms with E-state index in [-0.39, 0.29) is 24.2 Å². The van der Waals surface area contributed by atoms with Gasteiger partial charge in [0.1, 0.15) is 5.92 Å². The Morgan fingerprint density at radius 3 is 2.72 bits per heavy atom. The molecule has 2 amide bonds. The molecule has 0 saturated carbocycles. The quantitative estimate of drug-likeness (QED) is 0.509. The van der Waals surface area contributed by atoms with Crippen molar-refractivity contribution >= 4 is 53.1 Å². The van der Waals surface area contributed by atoms with Crippen LogP contribution >= 0.6 is 35.6 Å². The Hall–Kier alpha value is -1.05. The Morgan fingerprint density at radius 2 is 2.04 bits per heavy atom. The third-order valence-corrected chi connectivity index (χ3v) is 4.56. The molecule has 0 radical (unpaired) electrons. The van der Waals surface area contributed by atoms with Crippen LogP contribution in [0.15, 0.2) is 18.2 Å². The molecule has 2 rings (SSSR count). The van der Waals surface area contributed by atoms with E-state index in [1.165, 1.54) is 0 Å². The number of carbonyl (C=O) groups is 2. The average Bonchev–Trinajstić information content (AvgIpc) is 2.95. The van der Waals surface area contributed by atoms with Crippen molar-refractivity contribution in [2.24, 2.45) is 5.92 Å². The van der Waals surface area contributed by atoms with Gasteiger partial charge in [-0.2, -0.15) is 0 Å². The highest BCUT2D eigenvalue weighted by Crippen LogP contribution is 2.31. The van der Waals surface area contributed by atoms with E-state index < -0.39 is 5.92 Å². The summed E-state index contributed by atoms with van der Waals surface area (Å²) in [6, 6.07) is 5.01. The van der Waals surface area contributed by atoms with Crippen LogP contribution in [-0.2, 0) is 14.3 Å². The summed E-state index contributed by atoms with van der Waals surface area (Å²) in [4.78, 5) is 26.2. The fourth-order valence-corrected chi connectivity index (χ4v) is 2.82. The summed E-state index contributed by atoms with van der Waals surface area (Å²) in [7, 11) is 1.63. The van der Waals surface area contributed by atoms with Gasteiger partial charge in [-0.3, -0.25) is 9.59 Å². The third kappa shape index (κ3) is 6.01. The molecule has 6 nitrogen and oxygen atoms in total. The molecule has 1 atom stereocenters. The predicted octanol–water partition coefficient (Wildman–Crippen LogP) is 2.12. The molecule has 1 aromatic rings. The van der Waals surface area contributed by atoms with Gasteiger partial charge in [0.05, 0.1) is 16.7 Å². The molecule has 1 aromatic carbocycles. The smallest absolute Gasteiger partial charge is 0.239 e. The van der Waals surface area contributed by atoms with E-state index in [1.54, 1.807) is 30.2 Å². The number of anilines is 1. The first-order valence-corrected chi connectivity index (χ1v) is 8.54. The van der Waals surface area contributed by atoms with E-state index in [4.69, 9.17) is 27.9 Å². The number of nitrogens with zero attached hydrogens (tertiary/aromatic N) is 1. The van der Waals surface area contributed by atoms with Gasteiger partial charge in [0.2, 0.25) is 11.8 Å². The highest BCUT2D eigenvalue weighted by atomic mass is 35.5. The monoisotopic (exact) mass is 409 g/mol. The average molecular weight is 411 g/mol. The van der Waals surface area contributed by atoms with Gasteiger partial charge in [0.15, 0.2) is 0 Å². The number of hydrogen-bond donors (Lipinski definition) is 2. The number of carbonyl (C=O) groups excluding carboxylic acids is 2. The Bertz CT molecular complexity index is 601. The largest absolute Gasteiger partial charge is 0.383 e. The normalized spacial score (nSPS) is 16.7. The summed E-state index contributed by atoms with van der Waals surface area (Å²) in [5, 5.41) is 6.73.